The van der Waals surface area contributed by atoms with Gasteiger partial charge < -0.3 is 40.8 Å². The Hall–Kier alpha value is -1.47. The number of nitrogens with two attached hydrogens (primary N) is 1. The van der Waals surface area contributed by atoms with Gasteiger partial charge in [-0.1, -0.05) is 6.92 Å². The highest BCUT2D eigenvalue weighted by atomic mass is 35.5. The lowest BCUT2D eigenvalue weighted by Crippen LogP contribution is -2.64. The van der Waals surface area contributed by atoms with Gasteiger partial charge in [-0.3, -0.25) is 9.59 Å². The molecule has 1 aromatic heterocycles. The van der Waals surface area contributed by atoms with Crippen LogP contribution in [0.25, 0.3) is 0 Å². The molecule has 0 spiro atoms. The first kappa shape index (κ1) is 27.5. The molecule has 11 nitrogen and oxygen atoms in total. The van der Waals surface area contributed by atoms with Gasteiger partial charge in [-0.05, 0) is 6.42 Å². The average Bonchev–Trinajstić information content (AvgIpc) is 3.13. The molecule has 6 atom stereocenters. The summed E-state index contributed by atoms with van der Waals surface area (Å²) < 4.78 is 10.2. The number of nitrogens with one attached hydrogen (secondary N) is 2. The third kappa shape index (κ3) is 7.70. The van der Waals surface area contributed by atoms with Crippen LogP contribution in [0.4, 0.5) is 0 Å². The highest BCUT2D eigenvalue weighted by Gasteiger charge is 2.45. The second-order valence-corrected chi connectivity index (χ2v) is 6.41. The Morgan fingerprint density at radius 1 is 1.34 bits per heavy atom. The summed E-state index contributed by atoms with van der Waals surface area (Å²) in [5, 5.41) is 32.7. The highest BCUT2D eigenvalue weighted by Crippen LogP contribution is 2.20. The number of aromatic amines is 1. The molecular formula is C16H28Cl2N4O7. The van der Waals surface area contributed by atoms with Crippen molar-refractivity contribution in [2.45, 2.75) is 62.9 Å². The number of carbonyl (C=O) groups is 2. The minimum atomic E-state index is -1.56. The summed E-state index contributed by atoms with van der Waals surface area (Å²) in [5.41, 5.74) is 6.40. The summed E-state index contributed by atoms with van der Waals surface area (Å²) in [4.78, 5) is 30.2. The van der Waals surface area contributed by atoms with Crippen LogP contribution in [0.2, 0.25) is 0 Å². The quantitative estimate of drug-likeness (QED) is 0.249. The summed E-state index contributed by atoms with van der Waals surface area (Å²) in [6, 6.07) is -2.14. The fraction of sp³-hybridized carbons (Fsp3) is 0.688. The first-order chi connectivity index (χ1) is 12.8. The molecule has 1 fully saturated rings. The molecule has 1 aromatic rings. The van der Waals surface area contributed by atoms with Crippen LogP contribution < -0.4 is 11.1 Å². The number of H-pyrrole nitrogens is 1. The van der Waals surface area contributed by atoms with E-state index in [4.69, 9.17) is 15.2 Å². The van der Waals surface area contributed by atoms with Crippen LogP contribution in [0.5, 0.6) is 0 Å². The van der Waals surface area contributed by atoms with Gasteiger partial charge >= 0.3 is 5.97 Å². The second kappa shape index (κ2) is 13.0. The van der Waals surface area contributed by atoms with Crippen molar-refractivity contribution in [3.8, 4) is 0 Å². The molecule has 0 aromatic carbocycles. The number of rotatable bonds is 8. The fourth-order valence-electron chi connectivity index (χ4n) is 2.71. The topological polar surface area (TPSA) is 180 Å². The van der Waals surface area contributed by atoms with E-state index in [0.29, 0.717) is 12.1 Å². The number of aliphatic hydroxyl groups excluding tert-OH is 3. The number of imidazole rings is 1. The lowest BCUT2D eigenvalue weighted by Gasteiger charge is -2.40. The normalized spacial score (nSPS) is 27.1. The van der Waals surface area contributed by atoms with E-state index in [1.54, 1.807) is 6.92 Å². The predicted octanol–water partition coefficient (Wildman–Crippen LogP) is -1.61. The van der Waals surface area contributed by atoms with Gasteiger partial charge in [0.1, 0.15) is 37.0 Å². The zero-order chi connectivity index (χ0) is 20.0. The van der Waals surface area contributed by atoms with E-state index in [-0.39, 0.29) is 43.6 Å². The lowest BCUT2D eigenvalue weighted by atomic mass is 9.97. The first-order valence-electron chi connectivity index (χ1n) is 8.72. The van der Waals surface area contributed by atoms with Crippen molar-refractivity contribution in [1.29, 1.82) is 0 Å². The molecule has 0 radical (unpaired) electrons. The van der Waals surface area contributed by atoms with Gasteiger partial charge in [0.05, 0.1) is 6.33 Å². The second-order valence-electron chi connectivity index (χ2n) is 6.41. The minimum absolute atomic E-state index is 0. The van der Waals surface area contributed by atoms with Gasteiger partial charge in [-0.2, -0.15) is 0 Å². The van der Waals surface area contributed by atoms with Gasteiger partial charge in [0.2, 0.25) is 5.91 Å². The Morgan fingerprint density at radius 2 is 2.03 bits per heavy atom. The minimum Gasteiger partial charge on any atom is -0.462 e. The lowest BCUT2D eigenvalue weighted by molar-refractivity contribution is -0.255. The Labute approximate surface area is 180 Å². The van der Waals surface area contributed by atoms with E-state index in [1.165, 1.54) is 12.5 Å². The predicted molar refractivity (Wildman–Crippen MR) is 105 cm³/mol. The molecule has 7 N–H and O–H groups in total. The number of hydrogen-bond donors (Lipinski definition) is 6. The van der Waals surface area contributed by atoms with Crippen LogP contribution in [-0.2, 0) is 25.5 Å². The van der Waals surface area contributed by atoms with Crippen molar-refractivity contribution in [2.24, 2.45) is 5.73 Å². The highest BCUT2D eigenvalue weighted by molar-refractivity contribution is 5.85. The summed E-state index contributed by atoms with van der Waals surface area (Å²) in [6.45, 7) is 1.39. The molecule has 29 heavy (non-hydrogen) atoms. The van der Waals surface area contributed by atoms with Gasteiger partial charge in [0, 0.05) is 24.7 Å². The van der Waals surface area contributed by atoms with E-state index < -0.39 is 49.3 Å². The number of ether oxygens (including phenoxy) is 2. The van der Waals surface area contributed by atoms with E-state index >= 15 is 0 Å². The van der Waals surface area contributed by atoms with E-state index in [1.807, 2.05) is 0 Å². The summed E-state index contributed by atoms with van der Waals surface area (Å²) in [5.74, 6) is -1.12. The third-order valence-corrected chi connectivity index (χ3v) is 4.21. The molecule has 0 aliphatic carbocycles. The van der Waals surface area contributed by atoms with E-state index in [9.17, 15) is 24.9 Å². The fourth-order valence-corrected chi connectivity index (χ4v) is 2.71. The zero-order valence-corrected chi connectivity index (χ0v) is 17.4. The average molecular weight is 459 g/mol. The Bertz CT molecular complexity index is 622. The van der Waals surface area contributed by atoms with Crippen molar-refractivity contribution in [3.05, 3.63) is 18.2 Å². The van der Waals surface area contributed by atoms with Gasteiger partial charge in [-0.15, -0.1) is 24.8 Å². The van der Waals surface area contributed by atoms with Crippen molar-refractivity contribution < 1.29 is 34.4 Å². The van der Waals surface area contributed by atoms with Crippen LogP contribution >= 0.6 is 24.8 Å². The molecule has 1 unspecified atom stereocenters. The SMILES string of the molecule is CCCC(=O)N[C@H]1C(O)O[C@H](COC(=O)[C@@H](N)Cc2cnc[nH]2)[C@@H](O)[C@@H]1O.Cl.Cl. The third-order valence-electron chi connectivity index (χ3n) is 4.21. The molecule has 1 aliphatic heterocycles. The van der Waals surface area contributed by atoms with E-state index in [0.717, 1.165) is 0 Å². The smallest absolute Gasteiger partial charge is 0.323 e. The molecular weight excluding hydrogens is 431 g/mol. The maximum Gasteiger partial charge on any atom is 0.323 e. The molecule has 1 amide bonds. The van der Waals surface area contributed by atoms with Gasteiger partial charge in [0.15, 0.2) is 6.29 Å². The molecule has 168 valence electrons. The summed E-state index contributed by atoms with van der Waals surface area (Å²) in [7, 11) is 0. The van der Waals surface area contributed by atoms with Crippen molar-refractivity contribution in [2.75, 3.05) is 6.61 Å². The molecule has 2 rings (SSSR count). The van der Waals surface area contributed by atoms with Gasteiger partial charge in [0.25, 0.3) is 0 Å². The number of aromatic nitrogens is 2. The number of aliphatic hydroxyl groups is 3. The molecule has 0 bridgehead atoms. The maximum atomic E-state index is 12.0. The summed E-state index contributed by atoms with van der Waals surface area (Å²) in [6.07, 6.45) is -1.73. The Balaban J connectivity index is 0.00000392. The van der Waals surface area contributed by atoms with Crippen LogP contribution in [0, 0.1) is 0 Å². The van der Waals surface area contributed by atoms with Crippen molar-refractivity contribution in [3.63, 3.8) is 0 Å². The summed E-state index contributed by atoms with van der Waals surface area (Å²) >= 11 is 0. The maximum absolute atomic E-state index is 12.0. The number of amides is 1. The van der Waals surface area contributed by atoms with E-state index in [2.05, 4.69) is 15.3 Å². The van der Waals surface area contributed by atoms with Crippen LogP contribution in [0.15, 0.2) is 12.5 Å². The Kier molecular flexibility index (Phi) is 12.3. The molecule has 0 saturated carbocycles. The van der Waals surface area contributed by atoms with Crippen LogP contribution in [0.3, 0.4) is 0 Å². The monoisotopic (exact) mass is 458 g/mol. The van der Waals surface area contributed by atoms with Gasteiger partial charge in [-0.25, -0.2) is 4.98 Å². The van der Waals surface area contributed by atoms with Crippen LogP contribution in [-0.4, -0.2) is 80.5 Å². The first-order valence-corrected chi connectivity index (χ1v) is 8.72. The van der Waals surface area contributed by atoms with Crippen LogP contribution in [0.1, 0.15) is 25.5 Å². The molecule has 13 heteroatoms. The number of carbonyl (C=O) groups excluding carboxylic acids is 2. The number of esters is 1. The number of halogens is 2. The largest absolute Gasteiger partial charge is 0.462 e. The van der Waals surface area contributed by atoms with Crippen molar-refractivity contribution >= 4 is 36.7 Å². The Morgan fingerprint density at radius 3 is 2.62 bits per heavy atom. The molecule has 2 heterocycles. The standard InChI is InChI=1S/C16H26N4O7.2ClH/c1-2-3-11(21)20-12-14(23)13(22)10(27-16(12)25)6-26-15(24)9(17)4-8-5-18-7-19-8;;/h5,7,9-10,12-14,16,22-23,25H,2-4,6,17H2,1H3,(H,18,19)(H,20,21);2*1H/t9-,10+,12+,13+,14+,16?;;/m0../s1. The number of hydrogen-bond acceptors (Lipinski definition) is 9. The van der Waals surface area contributed by atoms with Crippen molar-refractivity contribution in [1.82, 2.24) is 15.3 Å². The molecule has 1 saturated heterocycles. The zero-order valence-electron chi connectivity index (χ0n) is 15.8. The molecule has 1 aliphatic rings. The number of nitrogens with zero attached hydrogens (tertiary/aromatic N) is 1.